The molecule has 0 atom stereocenters. The van der Waals surface area contributed by atoms with Crippen LogP contribution in [0.3, 0.4) is 0 Å². The number of sulfonamides is 1. The Kier molecular flexibility index (Phi) is 4.91. The van der Waals surface area contributed by atoms with Crippen LogP contribution in [0.15, 0.2) is 36.0 Å². The average molecular weight is 295 g/mol. The number of nitrogens with zero attached hydrogens (tertiary/aromatic N) is 2. The SMILES string of the molecule is C=CCN(C1CC1)S(=O)(=O)c1ccc(CNCC)cn1. The van der Waals surface area contributed by atoms with E-state index in [0.717, 1.165) is 24.9 Å². The maximum atomic E-state index is 12.5. The molecule has 1 heterocycles. The molecule has 0 unspecified atom stereocenters. The Morgan fingerprint density at radius 1 is 1.50 bits per heavy atom. The molecule has 0 saturated heterocycles. The summed E-state index contributed by atoms with van der Waals surface area (Å²) in [5, 5.41) is 3.30. The van der Waals surface area contributed by atoms with Crippen LogP contribution in [-0.4, -0.2) is 36.8 Å². The zero-order valence-electron chi connectivity index (χ0n) is 11.7. The van der Waals surface area contributed by atoms with Gasteiger partial charge in [0.05, 0.1) is 0 Å². The maximum Gasteiger partial charge on any atom is 0.261 e. The van der Waals surface area contributed by atoms with E-state index in [9.17, 15) is 8.42 Å². The van der Waals surface area contributed by atoms with Gasteiger partial charge >= 0.3 is 0 Å². The molecule has 2 rings (SSSR count). The van der Waals surface area contributed by atoms with Crippen LogP contribution in [-0.2, 0) is 16.6 Å². The molecule has 0 spiro atoms. The third-order valence-electron chi connectivity index (χ3n) is 3.21. The lowest BCUT2D eigenvalue weighted by Crippen LogP contribution is -2.33. The summed E-state index contributed by atoms with van der Waals surface area (Å²) in [6.07, 6.45) is 5.08. The Bertz CT molecular complexity index is 550. The van der Waals surface area contributed by atoms with E-state index in [-0.39, 0.29) is 11.1 Å². The van der Waals surface area contributed by atoms with Crippen molar-refractivity contribution in [3.8, 4) is 0 Å². The van der Waals surface area contributed by atoms with Crippen LogP contribution < -0.4 is 5.32 Å². The highest BCUT2D eigenvalue weighted by atomic mass is 32.2. The minimum Gasteiger partial charge on any atom is -0.313 e. The summed E-state index contributed by atoms with van der Waals surface area (Å²) in [5.41, 5.74) is 0.979. The topological polar surface area (TPSA) is 62.3 Å². The molecule has 6 heteroatoms. The molecule has 5 nitrogen and oxygen atoms in total. The molecule has 1 fully saturated rings. The highest BCUT2D eigenvalue weighted by molar-refractivity contribution is 7.89. The normalized spacial score (nSPS) is 15.5. The van der Waals surface area contributed by atoms with E-state index >= 15 is 0 Å². The van der Waals surface area contributed by atoms with Crippen LogP contribution in [0.25, 0.3) is 0 Å². The minimum atomic E-state index is -3.51. The summed E-state index contributed by atoms with van der Waals surface area (Å²) in [5.74, 6) is 0. The van der Waals surface area contributed by atoms with Crippen LogP contribution in [0.4, 0.5) is 0 Å². The van der Waals surface area contributed by atoms with Crippen LogP contribution in [0, 0.1) is 0 Å². The molecule has 110 valence electrons. The Balaban J connectivity index is 2.17. The van der Waals surface area contributed by atoms with Crippen molar-refractivity contribution in [2.45, 2.75) is 37.4 Å². The molecule has 0 aromatic carbocycles. The lowest BCUT2D eigenvalue weighted by Gasteiger charge is -2.19. The van der Waals surface area contributed by atoms with E-state index in [1.807, 2.05) is 13.0 Å². The summed E-state index contributed by atoms with van der Waals surface area (Å²) in [7, 11) is -3.51. The minimum absolute atomic E-state index is 0.112. The number of aromatic nitrogens is 1. The molecule has 1 aromatic heterocycles. The Hall–Kier alpha value is -1.24. The van der Waals surface area contributed by atoms with Crippen molar-refractivity contribution < 1.29 is 8.42 Å². The van der Waals surface area contributed by atoms with Crippen LogP contribution >= 0.6 is 0 Å². The maximum absolute atomic E-state index is 12.5. The second-order valence-corrected chi connectivity index (χ2v) is 6.72. The van der Waals surface area contributed by atoms with Gasteiger partial charge in [-0.25, -0.2) is 13.4 Å². The van der Waals surface area contributed by atoms with E-state index in [1.54, 1.807) is 18.3 Å². The molecule has 0 bridgehead atoms. The van der Waals surface area contributed by atoms with Crippen molar-refractivity contribution in [1.82, 2.24) is 14.6 Å². The van der Waals surface area contributed by atoms with Crippen molar-refractivity contribution in [3.05, 3.63) is 36.5 Å². The fraction of sp³-hybridized carbons (Fsp3) is 0.500. The first-order valence-electron chi connectivity index (χ1n) is 6.88. The fourth-order valence-corrected chi connectivity index (χ4v) is 3.56. The monoisotopic (exact) mass is 295 g/mol. The third kappa shape index (κ3) is 3.45. The summed E-state index contributed by atoms with van der Waals surface area (Å²) >= 11 is 0. The van der Waals surface area contributed by atoms with Crippen molar-refractivity contribution in [1.29, 1.82) is 0 Å². The first kappa shape index (κ1) is 15.2. The highest BCUT2D eigenvalue weighted by Gasteiger charge is 2.37. The number of rotatable bonds is 8. The number of nitrogens with one attached hydrogen (secondary N) is 1. The zero-order valence-corrected chi connectivity index (χ0v) is 12.6. The number of hydrogen-bond donors (Lipinski definition) is 1. The largest absolute Gasteiger partial charge is 0.313 e. The van der Waals surface area contributed by atoms with E-state index in [0.29, 0.717) is 13.1 Å². The second-order valence-electron chi connectivity index (χ2n) is 4.88. The van der Waals surface area contributed by atoms with E-state index in [4.69, 9.17) is 0 Å². The zero-order chi connectivity index (χ0) is 14.6. The molecule has 1 aliphatic carbocycles. The molecule has 0 amide bonds. The standard InChI is InChI=1S/C14H21N3O2S/c1-3-9-17(13-6-7-13)20(18,19)14-8-5-12(11-16-14)10-15-4-2/h3,5,8,11,13,15H,1,4,6-7,9-10H2,2H3. The first-order chi connectivity index (χ1) is 9.59. The molecule has 1 N–H and O–H groups in total. The summed E-state index contributed by atoms with van der Waals surface area (Å²) < 4.78 is 26.6. The van der Waals surface area contributed by atoms with Crippen LogP contribution in [0.1, 0.15) is 25.3 Å². The van der Waals surface area contributed by atoms with Gasteiger partial charge in [0.2, 0.25) is 0 Å². The van der Waals surface area contributed by atoms with Gasteiger partial charge in [0.25, 0.3) is 10.0 Å². The van der Waals surface area contributed by atoms with Crippen LogP contribution in [0.2, 0.25) is 0 Å². The van der Waals surface area contributed by atoms with Gasteiger partial charge in [-0.3, -0.25) is 0 Å². The molecule has 1 aliphatic rings. The fourth-order valence-electron chi connectivity index (χ4n) is 1.99. The van der Waals surface area contributed by atoms with Crippen molar-refractivity contribution >= 4 is 10.0 Å². The van der Waals surface area contributed by atoms with Crippen LogP contribution in [0.5, 0.6) is 0 Å². The van der Waals surface area contributed by atoms with Gasteiger partial charge in [0, 0.05) is 25.3 Å². The van der Waals surface area contributed by atoms with Crippen molar-refractivity contribution in [2.24, 2.45) is 0 Å². The number of pyridine rings is 1. The van der Waals surface area contributed by atoms with Gasteiger partial charge in [-0.15, -0.1) is 6.58 Å². The van der Waals surface area contributed by atoms with Gasteiger partial charge in [0.1, 0.15) is 0 Å². The molecule has 0 aliphatic heterocycles. The molecular formula is C14H21N3O2S. The van der Waals surface area contributed by atoms with Crippen molar-refractivity contribution in [3.63, 3.8) is 0 Å². The van der Waals surface area contributed by atoms with Gasteiger partial charge in [-0.05, 0) is 31.0 Å². The van der Waals surface area contributed by atoms with Gasteiger partial charge in [0.15, 0.2) is 5.03 Å². The smallest absolute Gasteiger partial charge is 0.261 e. The van der Waals surface area contributed by atoms with Crippen molar-refractivity contribution in [2.75, 3.05) is 13.1 Å². The highest BCUT2D eigenvalue weighted by Crippen LogP contribution is 2.31. The van der Waals surface area contributed by atoms with Gasteiger partial charge < -0.3 is 5.32 Å². The predicted octanol–water partition coefficient (Wildman–Crippen LogP) is 1.53. The number of hydrogen-bond acceptors (Lipinski definition) is 4. The second kappa shape index (κ2) is 6.47. The molecule has 0 radical (unpaired) electrons. The Morgan fingerprint density at radius 3 is 2.75 bits per heavy atom. The Morgan fingerprint density at radius 2 is 2.25 bits per heavy atom. The van der Waals surface area contributed by atoms with Gasteiger partial charge in [-0.2, -0.15) is 4.31 Å². The molecule has 1 saturated carbocycles. The van der Waals surface area contributed by atoms with E-state index in [2.05, 4.69) is 16.9 Å². The Labute approximate surface area is 120 Å². The first-order valence-corrected chi connectivity index (χ1v) is 8.32. The molecule has 1 aromatic rings. The summed E-state index contributed by atoms with van der Waals surface area (Å²) in [6, 6.07) is 3.50. The summed E-state index contributed by atoms with van der Waals surface area (Å²) in [6.45, 7) is 7.56. The lowest BCUT2D eigenvalue weighted by atomic mass is 10.3. The third-order valence-corrected chi connectivity index (χ3v) is 5.05. The predicted molar refractivity (Wildman–Crippen MR) is 78.7 cm³/mol. The summed E-state index contributed by atoms with van der Waals surface area (Å²) in [4.78, 5) is 4.11. The molecule has 20 heavy (non-hydrogen) atoms. The average Bonchev–Trinajstić information content (AvgIpc) is 3.27. The quantitative estimate of drug-likeness (QED) is 0.739. The van der Waals surface area contributed by atoms with E-state index in [1.165, 1.54) is 4.31 Å². The molecular weight excluding hydrogens is 274 g/mol. The van der Waals surface area contributed by atoms with Gasteiger partial charge in [-0.1, -0.05) is 19.1 Å². The van der Waals surface area contributed by atoms with E-state index < -0.39 is 10.0 Å². The lowest BCUT2D eigenvalue weighted by molar-refractivity contribution is 0.433.